The van der Waals surface area contributed by atoms with E-state index < -0.39 is 41.2 Å². The Labute approximate surface area is 157 Å². The molecule has 1 atom stereocenters. The van der Waals surface area contributed by atoms with Crippen molar-refractivity contribution < 1.29 is 34.0 Å². The van der Waals surface area contributed by atoms with Gasteiger partial charge in [0.25, 0.3) is 0 Å². The lowest BCUT2D eigenvalue weighted by Gasteiger charge is -2.20. The molecule has 28 heavy (non-hydrogen) atoms. The number of amides is 2. The van der Waals surface area contributed by atoms with Crippen LogP contribution in [0.1, 0.15) is 26.0 Å². The van der Waals surface area contributed by atoms with Crippen molar-refractivity contribution in [2.45, 2.75) is 26.1 Å². The van der Waals surface area contributed by atoms with Crippen molar-refractivity contribution in [3.63, 3.8) is 0 Å². The molecule has 0 aliphatic heterocycles. The van der Waals surface area contributed by atoms with Gasteiger partial charge < -0.3 is 15.1 Å². The second-order valence-corrected chi connectivity index (χ2v) is 5.95. The van der Waals surface area contributed by atoms with Crippen LogP contribution in [0.5, 0.6) is 0 Å². The number of nitrogens with one attached hydrogen (secondary N) is 2. The van der Waals surface area contributed by atoms with Crippen molar-refractivity contribution in [1.29, 1.82) is 0 Å². The van der Waals surface area contributed by atoms with Gasteiger partial charge in [-0.05, 0) is 19.9 Å². The number of aryl methyl sites for hydroxylation is 2. The summed E-state index contributed by atoms with van der Waals surface area (Å²) < 4.78 is 72.9. The topological polar surface area (TPSA) is 80.0 Å². The molecule has 1 aromatic carbocycles. The molecule has 0 bridgehead atoms. The summed E-state index contributed by atoms with van der Waals surface area (Å²) in [6, 6.07) is -2.44. The molecule has 0 saturated carbocycles. The van der Waals surface area contributed by atoms with E-state index in [4.69, 9.17) is 4.42 Å². The van der Waals surface area contributed by atoms with Crippen LogP contribution >= 0.6 is 0 Å². The van der Waals surface area contributed by atoms with E-state index >= 15 is 0 Å². The Morgan fingerprint density at radius 2 is 1.82 bits per heavy atom. The Bertz CT molecular complexity index is 1040. The minimum atomic E-state index is -4.96. The van der Waals surface area contributed by atoms with Crippen molar-refractivity contribution in [3.8, 4) is 0 Å². The Morgan fingerprint density at radius 1 is 1.18 bits per heavy atom. The molecule has 3 aromatic rings. The molecular weight excluding hydrogens is 387 g/mol. The molecule has 0 spiro atoms. The van der Waals surface area contributed by atoms with Gasteiger partial charge in [0, 0.05) is 19.9 Å². The summed E-state index contributed by atoms with van der Waals surface area (Å²) in [5.74, 6) is -2.45. The maximum Gasteiger partial charge on any atom is 0.416 e. The number of hydrogen-bond acceptors (Lipinski definition) is 4. The third kappa shape index (κ3) is 3.87. The Hall–Kier alpha value is -3.24. The fraction of sp³-hybridized carbons (Fsp3) is 0.235. The number of benzene rings is 1. The molecule has 152 valence electrons. The molecule has 0 aliphatic rings. The van der Waals surface area contributed by atoms with Crippen LogP contribution in [0.4, 0.5) is 32.4 Å². The van der Waals surface area contributed by atoms with Crippen LogP contribution in [-0.4, -0.2) is 22.2 Å². The van der Waals surface area contributed by atoms with Gasteiger partial charge in [-0.2, -0.15) is 13.2 Å². The SMILES string of the molecule is Cc1ncc(NC(=O)NC(c2oc3c(F)cc(F)cc3c2C)C(F)(F)F)cn1.[HH].[HH]. The molecule has 3 rings (SSSR count). The Balaban J connectivity index is 0.00000225. The first-order chi connectivity index (χ1) is 13.1. The van der Waals surface area contributed by atoms with Gasteiger partial charge in [0.2, 0.25) is 0 Å². The average Bonchev–Trinajstić information content (AvgIpc) is 2.91. The molecule has 11 heteroatoms. The van der Waals surface area contributed by atoms with Crippen LogP contribution in [-0.2, 0) is 0 Å². The van der Waals surface area contributed by atoms with Crippen molar-refractivity contribution >= 4 is 22.7 Å². The third-order valence-electron chi connectivity index (χ3n) is 3.90. The number of carbonyl (C=O) groups is 1. The highest BCUT2D eigenvalue weighted by molar-refractivity contribution is 5.89. The number of aromatic nitrogens is 2. The number of halogens is 5. The number of alkyl halides is 3. The van der Waals surface area contributed by atoms with Crippen molar-refractivity contribution in [2.24, 2.45) is 0 Å². The number of hydrogen-bond donors (Lipinski definition) is 2. The van der Waals surface area contributed by atoms with Gasteiger partial charge in [-0.25, -0.2) is 23.5 Å². The summed E-state index contributed by atoms with van der Waals surface area (Å²) in [4.78, 5) is 19.6. The van der Waals surface area contributed by atoms with Gasteiger partial charge in [-0.15, -0.1) is 0 Å². The van der Waals surface area contributed by atoms with Gasteiger partial charge in [0.15, 0.2) is 17.4 Å². The third-order valence-corrected chi connectivity index (χ3v) is 3.90. The first-order valence-electron chi connectivity index (χ1n) is 7.87. The predicted molar refractivity (Wildman–Crippen MR) is 92.8 cm³/mol. The molecule has 0 radical (unpaired) electrons. The molecule has 0 saturated heterocycles. The molecule has 6 nitrogen and oxygen atoms in total. The van der Waals surface area contributed by atoms with Crippen LogP contribution in [0.3, 0.4) is 0 Å². The highest BCUT2D eigenvalue weighted by Crippen LogP contribution is 2.39. The minimum Gasteiger partial charge on any atom is -0.455 e. The van der Waals surface area contributed by atoms with Crippen molar-refractivity contribution in [2.75, 3.05) is 5.32 Å². The summed E-state index contributed by atoms with van der Waals surface area (Å²) in [5, 5.41) is 3.74. The van der Waals surface area contributed by atoms with Crippen molar-refractivity contribution in [3.05, 3.63) is 53.3 Å². The fourth-order valence-corrected chi connectivity index (χ4v) is 2.59. The van der Waals surface area contributed by atoms with E-state index in [1.165, 1.54) is 19.3 Å². The van der Waals surface area contributed by atoms with E-state index in [9.17, 15) is 26.7 Å². The monoisotopic (exact) mass is 404 g/mol. The first-order valence-corrected chi connectivity index (χ1v) is 7.87. The van der Waals surface area contributed by atoms with E-state index in [0.717, 1.165) is 6.07 Å². The quantitative estimate of drug-likeness (QED) is 0.600. The highest BCUT2D eigenvalue weighted by Gasteiger charge is 2.45. The van der Waals surface area contributed by atoms with Crippen LogP contribution in [0.15, 0.2) is 28.9 Å². The number of urea groups is 1. The molecule has 2 amide bonds. The zero-order chi connectivity index (χ0) is 20.6. The summed E-state index contributed by atoms with van der Waals surface area (Å²) in [6.07, 6.45) is -2.53. The Morgan fingerprint density at radius 3 is 2.43 bits per heavy atom. The molecule has 0 aliphatic carbocycles. The second kappa shape index (κ2) is 7.06. The Kier molecular flexibility index (Phi) is 4.92. The van der Waals surface area contributed by atoms with E-state index in [1.807, 2.05) is 0 Å². The fourth-order valence-electron chi connectivity index (χ4n) is 2.59. The molecule has 2 aromatic heterocycles. The number of carbonyl (C=O) groups excluding carboxylic acids is 1. The smallest absolute Gasteiger partial charge is 0.416 e. The van der Waals surface area contributed by atoms with Gasteiger partial charge in [-0.3, -0.25) is 0 Å². The number of furan rings is 1. The maximum atomic E-state index is 13.9. The first kappa shape index (κ1) is 19.5. The van der Waals surface area contributed by atoms with Crippen LogP contribution in [0.2, 0.25) is 0 Å². The number of fused-ring (bicyclic) bond motifs is 1. The molecule has 1 unspecified atom stereocenters. The van der Waals surface area contributed by atoms with E-state index in [-0.39, 0.29) is 19.5 Å². The van der Waals surface area contributed by atoms with E-state index in [0.29, 0.717) is 11.9 Å². The standard InChI is InChI=1S/C17H13F5N4O2.2H2/c1-7-11-3-9(18)4-12(19)14(11)28-13(7)15(17(20,21)22)26-16(27)25-10-5-23-8(2)24-6-10;;/h3-6,15H,1-2H3,(H2,25,26,27);2*1H. The van der Waals surface area contributed by atoms with Gasteiger partial charge in [0.1, 0.15) is 17.4 Å². The molecule has 0 fully saturated rings. The largest absolute Gasteiger partial charge is 0.455 e. The molecule has 2 N–H and O–H groups in total. The molecule has 2 heterocycles. The summed E-state index contributed by atoms with van der Waals surface area (Å²) in [6.45, 7) is 2.81. The van der Waals surface area contributed by atoms with Crippen LogP contribution in [0.25, 0.3) is 11.0 Å². The zero-order valence-electron chi connectivity index (χ0n) is 14.5. The average molecular weight is 404 g/mol. The molecular formula is C17H17F5N4O2. The van der Waals surface area contributed by atoms with Crippen LogP contribution < -0.4 is 10.6 Å². The summed E-state index contributed by atoms with van der Waals surface area (Å²) in [5.41, 5.74) is -0.606. The van der Waals surface area contributed by atoms with Gasteiger partial charge >= 0.3 is 12.2 Å². The van der Waals surface area contributed by atoms with Gasteiger partial charge in [0.05, 0.1) is 18.1 Å². The minimum absolute atomic E-state index is 0. The van der Waals surface area contributed by atoms with Crippen LogP contribution in [0, 0.1) is 25.5 Å². The normalized spacial score (nSPS) is 12.8. The maximum absolute atomic E-state index is 13.9. The lowest BCUT2D eigenvalue weighted by Crippen LogP contribution is -2.40. The lowest BCUT2D eigenvalue weighted by molar-refractivity contribution is -0.158. The lowest BCUT2D eigenvalue weighted by atomic mass is 10.1. The zero-order valence-corrected chi connectivity index (χ0v) is 14.5. The highest BCUT2D eigenvalue weighted by atomic mass is 19.4. The number of nitrogens with zero attached hydrogens (tertiary/aromatic N) is 2. The number of rotatable bonds is 3. The van der Waals surface area contributed by atoms with Crippen molar-refractivity contribution in [1.82, 2.24) is 15.3 Å². The summed E-state index contributed by atoms with van der Waals surface area (Å²) >= 11 is 0. The van der Waals surface area contributed by atoms with Gasteiger partial charge in [-0.1, -0.05) is 0 Å². The number of anilines is 1. The predicted octanol–water partition coefficient (Wildman–Crippen LogP) is 5.03. The van der Waals surface area contributed by atoms with E-state index in [2.05, 4.69) is 15.3 Å². The second-order valence-electron chi connectivity index (χ2n) is 5.95. The summed E-state index contributed by atoms with van der Waals surface area (Å²) in [7, 11) is 0. The van der Waals surface area contributed by atoms with E-state index in [1.54, 1.807) is 12.2 Å².